The molecule has 2 saturated heterocycles. The van der Waals surface area contributed by atoms with Crippen LogP contribution in [-0.2, 0) is 9.53 Å². The van der Waals surface area contributed by atoms with Crippen LogP contribution in [0.25, 0.3) is 0 Å². The van der Waals surface area contributed by atoms with Crippen LogP contribution in [0, 0.1) is 5.92 Å². The van der Waals surface area contributed by atoms with Crippen molar-refractivity contribution >= 4 is 17.8 Å². The number of piperazine rings is 1. The average Bonchev–Trinajstić information content (AvgIpc) is 2.67. The summed E-state index contributed by atoms with van der Waals surface area (Å²) in [5.74, 6) is -1.25. The first kappa shape index (κ1) is 17.4. The number of carbonyl (C=O) groups is 3. The third kappa shape index (κ3) is 3.82. The Hall–Kier alpha value is -2.41. The van der Waals surface area contributed by atoms with E-state index in [1.165, 1.54) is 12.1 Å². The number of hydrogen-bond donors (Lipinski definition) is 1. The molecular formula is C18H22N2O5. The first-order valence-corrected chi connectivity index (χ1v) is 8.56. The summed E-state index contributed by atoms with van der Waals surface area (Å²) in [4.78, 5) is 39.9. The second kappa shape index (κ2) is 7.65. The van der Waals surface area contributed by atoms with Crippen molar-refractivity contribution in [1.29, 1.82) is 0 Å². The molecule has 7 nitrogen and oxygen atoms in total. The molecule has 0 bridgehead atoms. The van der Waals surface area contributed by atoms with Crippen molar-refractivity contribution in [2.75, 3.05) is 39.4 Å². The van der Waals surface area contributed by atoms with Gasteiger partial charge in [-0.2, -0.15) is 0 Å². The number of ether oxygens (including phenoxy) is 1. The Balaban J connectivity index is 1.61. The fourth-order valence-corrected chi connectivity index (χ4v) is 3.36. The highest BCUT2D eigenvalue weighted by atomic mass is 16.5. The number of hydrogen-bond acceptors (Lipinski definition) is 4. The van der Waals surface area contributed by atoms with Crippen molar-refractivity contribution in [1.82, 2.24) is 9.80 Å². The molecule has 1 aromatic carbocycles. The molecule has 0 unspecified atom stereocenters. The van der Waals surface area contributed by atoms with Crippen LogP contribution in [0.3, 0.4) is 0 Å². The van der Waals surface area contributed by atoms with Gasteiger partial charge < -0.3 is 19.6 Å². The van der Waals surface area contributed by atoms with E-state index in [1.807, 2.05) is 4.90 Å². The number of carboxylic acids is 1. The molecule has 3 rings (SSSR count). The molecule has 134 valence electrons. The van der Waals surface area contributed by atoms with Crippen LogP contribution in [0.4, 0.5) is 0 Å². The zero-order valence-electron chi connectivity index (χ0n) is 14.0. The summed E-state index contributed by atoms with van der Waals surface area (Å²) in [6, 6.07) is 6.22. The highest BCUT2D eigenvalue weighted by molar-refractivity contribution is 6.04. The van der Waals surface area contributed by atoms with Gasteiger partial charge in [-0.25, -0.2) is 4.79 Å². The van der Waals surface area contributed by atoms with Crippen LogP contribution in [0.5, 0.6) is 0 Å². The molecule has 1 N–H and O–H groups in total. The normalized spacial score (nSPS) is 18.9. The van der Waals surface area contributed by atoms with Crippen LogP contribution in [0.2, 0.25) is 0 Å². The van der Waals surface area contributed by atoms with Crippen LogP contribution in [-0.4, -0.2) is 72.1 Å². The minimum atomic E-state index is -1.11. The van der Waals surface area contributed by atoms with Crippen molar-refractivity contribution in [3.63, 3.8) is 0 Å². The Labute approximate surface area is 146 Å². The van der Waals surface area contributed by atoms with E-state index in [-0.39, 0.29) is 28.9 Å². The zero-order valence-corrected chi connectivity index (χ0v) is 14.0. The monoisotopic (exact) mass is 346 g/mol. The van der Waals surface area contributed by atoms with Gasteiger partial charge in [-0.15, -0.1) is 0 Å². The lowest BCUT2D eigenvalue weighted by Crippen LogP contribution is -2.52. The topological polar surface area (TPSA) is 87.2 Å². The maximum atomic E-state index is 12.6. The Kier molecular flexibility index (Phi) is 5.33. The number of amides is 2. The molecule has 0 aliphatic carbocycles. The Morgan fingerprint density at radius 3 is 2.08 bits per heavy atom. The smallest absolute Gasteiger partial charge is 0.336 e. The lowest BCUT2D eigenvalue weighted by atomic mass is 9.98. The molecule has 0 aromatic heterocycles. The lowest BCUT2D eigenvalue weighted by molar-refractivity contribution is -0.140. The number of benzene rings is 1. The molecule has 2 fully saturated rings. The van der Waals surface area contributed by atoms with Gasteiger partial charge in [0.1, 0.15) is 0 Å². The summed E-state index contributed by atoms with van der Waals surface area (Å²) in [5, 5.41) is 9.24. The van der Waals surface area contributed by atoms with E-state index in [9.17, 15) is 19.5 Å². The Morgan fingerprint density at radius 1 is 0.920 bits per heavy atom. The summed E-state index contributed by atoms with van der Waals surface area (Å²) in [6.45, 7) is 3.06. The van der Waals surface area contributed by atoms with Crippen molar-refractivity contribution < 1.29 is 24.2 Å². The zero-order chi connectivity index (χ0) is 17.8. The molecule has 2 heterocycles. The SMILES string of the molecule is O=C(O)c1ccccc1C(=O)N1CCN(C(=O)C2CCOCC2)CC1. The van der Waals surface area contributed by atoms with Gasteiger partial charge in [0.2, 0.25) is 5.91 Å². The number of carboxylic acid groups (broad SMARTS) is 1. The van der Waals surface area contributed by atoms with Crippen molar-refractivity contribution in [2.24, 2.45) is 5.92 Å². The average molecular weight is 346 g/mol. The van der Waals surface area contributed by atoms with Gasteiger partial charge in [0.05, 0.1) is 11.1 Å². The summed E-state index contributed by atoms with van der Waals surface area (Å²) < 4.78 is 5.29. The Bertz CT molecular complexity index is 661. The van der Waals surface area contributed by atoms with Gasteiger partial charge in [-0.1, -0.05) is 12.1 Å². The van der Waals surface area contributed by atoms with E-state index in [2.05, 4.69) is 0 Å². The number of nitrogens with zero attached hydrogens (tertiary/aromatic N) is 2. The van der Waals surface area contributed by atoms with E-state index in [0.717, 1.165) is 12.8 Å². The van der Waals surface area contributed by atoms with Gasteiger partial charge in [0.25, 0.3) is 5.91 Å². The first-order valence-electron chi connectivity index (χ1n) is 8.56. The summed E-state index contributed by atoms with van der Waals surface area (Å²) in [5.41, 5.74) is 0.201. The van der Waals surface area contributed by atoms with Crippen LogP contribution >= 0.6 is 0 Å². The third-order valence-electron chi connectivity index (χ3n) is 4.84. The van der Waals surface area contributed by atoms with E-state index in [0.29, 0.717) is 39.4 Å². The van der Waals surface area contributed by atoms with Crippen molar-refractivity contribution in [3.05, 3.63) is 35.4 Å². The summed E-state index contributed by atoms with van der Waals surface area (Å²) in [6.07, 6.45) is 1.51. The maximum Gasteiger partial charge on any atom is 0.336 e. The van der Waals surface area contributed by atoms with E-state index in [1.54, 1.807) is 17.0 Å². The molecule has 2 amide bonds. The molecule has 2 aliphatic rings. The summed E-state index contributed by atoms with van der Waals surface area (Å²) in [7, 11) is 0. The number of rotatable bonds is 3. The van der Waals surface area contributed by atoms with E-state index < -0.39 is 5.97 Å². The predicted octanol–water partition coefficient (Wildman–Crippen LogP) is 1.10. The molecule has 1 aromatic rings. The molecule has 7 heteroatoms. The molecular weight excluding hydrogens is 324 g/mol. The number of aromatic carboxylic acids is 1. The molecule has 25 heavy (non-hydrogen) atoms. The quantitative estimate of drug-likeness (QED) is 0.885. The highest BCUT2D eigenvalue weighted by Crippen LogP contribution is 2.19. The second-order valence-electron chi connectivity index (χ2n) is 6.35. The van der Waals surface area contributed by atoms with Gasteiger partial charge in [0.15, 0.2) is 0 Å². The van der Waals surface area contributed by atoms with Crippen molar-refractivity contribution in [3.8, 4) is 0 Å². The Morgan fingerprint density at radius 2 is 1.48 bits per heavy atom. The lowest BCUT2D eigenvalue weighted by Gasteiger charge is -2.37. The van der Waals surface area contributed by atoms with Crippen LogP contribution < -0.4 is 0 Å². The fraction of sp³-hybridized carbons (Fsp3) is 0.500. The largest absolute Gasteiger partial charge is 0.478 e. The molecule has 0 atom stereocenters. The second-order valence-corrected chi connectivity index (χ2v) is 6.35. The minimum Gasteiger partial charge on any atom is -0.478 e. The molecule has 0 radical (unpaired) electrons. The number of carbonyl (C=O) groups excluding carboxylic acids is 2. The van der Waals surface area contributed by atoms with E-state index >= 15 is 0 Å². The predicted molar refractivity (Wildman–Crippen MR) is 89.4 cm³/mol. The minimum absolute atomic E-state index is 0.00760. The molecule has 2 aliphatic heterocycles. The van der Waals surface area contributed by atoms with Gasteiger partial charge in [-0.05, 0) is 25.0 Å². The van der Waals surface area contributed by atoms with Crippen molar-refractivity contribution in [2.45, 2.75) is 12.8 Å². The van der Waals surface area contributed by atoms with Gasteiger partial charge >= 0.3 is 5.97 Å². The van der Waals surface area contributed by atoms with E-state index in [4.69, 9.17) is 4.74 Å². The highest BCUT2D eigenvalue weighted by Gasteiger charge is 2.31. The van der Waals surface area contributed by atoms with Crippen LogP contribution in [0.1, 0.15) is 33.6 Å². The van der Waals surface area contributed by atoms with Gasteiger partial charge in [0, 0.05) is 45.3 Å². The standard InChI is InChI=1S/C18H22N2O5/c21-16(13-5-11-25-12-6-13)19-7-9-20(10-8-19)17(22)14-3-1-2-4-15(14)18(23)24/h1-4,13H,5-12H2,(H,23,24). The fourth-order valence-electron chi connectivity index (χ4n) is 3.36. The molecule has 0 saturated carbocycles. The van der Waals surface area contributed by atoms with Crippen LogP contribution in [0.15, 0.2) is 24.3 Å². The maximum absolute atomic E-state index is 12.6. The first-order chi connectivity index (χ1) is 12.1. The molecule has 0 spiro atoms. The van der Waals surface area contributed by atoms with Gasteiger partial charge in [-0.3, -0.25) is 9.59 Å². The third-order valence-corrected chi connectivity index (χ3v) is 4.84. The summed E-state index contributed by atoms with van der Waals surface area (Å²) >= 11 is 0.